The molecule has 0 amide bonds. The molecule has 0 spiro atoms. The van der Waals surface area contributed by atoms with E-state index in [4.69, 9.17) is 4.74 Å². The number of benzene rings is 1. The van der Waals surface area contributed by atoms with Gasteiger partial charge in [-0.25, -0.2) is 0 Å². The summed E-state index contributed by atoms with van der Waals surface area (Å²) in [6.45, 7) is 5.67. The van der Waals surface area contributed by atoms with E-state index in [0.29, 0.717) is 0 Å². The maximum atomic E-state index is 5.61. The summed E-state index contributed by atoms with van der Waals surface area (Å²) in [5.74, 6) is 0.920. The summed E-state index contributed by atoms with van der Waals surface area (Å²) in [5.41, 5.74) is 2.30. The van der Waals surface area contributed by atoms with Gasteiger partial charge in [-0.15, -0.1) is 0 Å². The highest BCUT2D eigenvalue weighted by atomic mass is 16.5. The van der Waals surface area contributed by atoms with E-state index in [1.807, 2.05) is 50.0 Å². The zero-order valence-corrected chi connectivity index (χ0v) is 11.8. The number of nitrogens with one attached hydrogen (secondary N) is 1. The monoisotopic (exact) mass is 259 g/mol. The second-order valence-corrected chi connectivity index (χ2v) is 4.89. The minimum atomic E-state index is 0.216. The molecule has 102 valence electrons. The van der Waals surface area contributed by atoms with Gasteiger partial charge in [0.2, 0.25) is 0 Å². The van der Waals surface area contributed by atoms with Gasteiger partial charge in [0.15, 0.2) is 0 Å². The molecule has 0 atom stereocenters. The molecule has 1 aromatic carbocycles. The highest BCUT2D eigenvalue weighted by Gasteiger charge is 1.99. The lowest BCUT2D eigenvalue weighted by Gasteiger charge is -2.10. The topological polar surface area (TPSA) is 39.1 Å². The van der Waals surface area contributed by atoms with Crippen molar-refractivity contribution >= 4 is 0 Å². The van der Waals surface area contributed by atoms with E-state index in [-0.39, 0.29) is 6.10 Å². The van der Waals surface area contributed by atoms with E-state index < -0.39 is 0 Å². The normalized spacial score (nSPS) is 10.9. The van der Waals surface area contributed by atoms with Crippen LogP contribution in [0.3, 0.4) is 0 Å². The molecule has 1 N–H and O–H groups in total. The van der Waals surface area contributed by atoms with Crippen LogP contribution in [-0.2, 0) is 20.1 Å². The predicted molar refractivity (Wildman–Crippen MR) is 76.0 cm³/mol. The van der Waals surface area contributed by atoms with Gasteiger partial charge in [0.05, 0.1) is 11.8 Å². The van der Waals surface area contributed by atoms with E-state index in [1.54, 1.807) is 0 Å². The van der Waals surface area contributed by atoms with Crippen LogP contribution in [0.25, 0.3) is 0 Å². The van der Waals surface area contributed by atoms with E-state index in [9.17, 15) is 0 Å². The van der Waals surface area contributed by atoms with Gasteiger partial charge in [-0.3, -0.25) is 4.68 Å². The molecular weight excluding hydrogens is 238 g/mol. The standard InChI is InChI=1S/C15H21N3O/c1-12(2)19-15-6-4-13(5-7-15)10-16-11-14-8-9-18(3)17-14/h4-9,12,16H,10-11H2,1-3H3. The number of aromatic nitrogens is 2. The fourth-order valence-corrected chi connectivity index (χ4v) is 1.85. The minimum Gasteiger partial charge on any atom is -0.491 e. The summed E-state index contributed by atoms with van der Waals surface area (Å²) in [6.07, 6.45) is 2.17. The molecule has 0 aliphatic heterocycles. The largest absolute Gasteiger partial charge is 0.491 e. The molecule has 4 nitrogen and oxygen atoms in total. The Balaban J connectivity index is 1.79. The molecule has 0 aliphatic rings. The Bertz CT molecular complexity index is 502. The molecule has 0 saturated heterocycles. The fraction of sp³-hybridized carbons (Fsp3) is 0.400. The summed E-state index contributed by atoms with van der Waals surface area (Å²) in [4.78, 5) is 0. The zero-order valence-electron chi connectivity index (χ0n) is 11.8. The Morgan fingerprint density at radius 2 is 1.89 bits per heavy atom. The Morgan fingerprint density at radius 1 is 1.16 bits per heavy atom. The summed E-state index contributed by atoms with van der Waals surface area (Å²) in [7, 11) is 1.93. The number of hydrogen-bond acceptors (Lipinski definition) is 3. The molecule has 2 aromatic rings. The van der Waals surface area contributed by atoms with Crippen molar-refractivity contribution in [3.8, 4) is 5.75 Å². The summed E-state index contributed by atoms with van der Waals surface area (Å²) in [6, 6.07) is 10.2. The Hall–Kier alpha value is -1.81. The van der Waals surface area contributed by atoms with Crippen LogP contribution < -0.4 is 10.1 Å². The molecule has 4 heteroatoms. The third kappa shape index (κ3) is 4.41. The van der Waals surface area contributed by atoms with Crippen molar-refractivity contribution in [1.29, 1.82) is 0 Å². The van der Waals surface area contributed by atoms with Crippen molar-refractivity contribution < 1.29 is 4.74 Å². The first-order valence-electron chi connectivity index (χ1n) is 6.58. The second kappa shape index (κ2) is 6.38. The van der Waals surface area contributed by atoms with Crippen LogP contribution in [0.5, 0.6) is 5.75 Å². The molecule has 1 aromatic heterocycles. The Labute approximate surface area is 114 Å². The van der Waals surface area contributed by atoms with Gasteiger partial charge in [0.1, 0.15) is 5.75 Å². The molecule has 0 unspecified atom stereocenters. The van der Waals surface area contributed by atoms with E-state index in [1.165, 1.54) is 5.56 Å². The first kappa shape index (κ1) is 13.6. The molecule has 1 heterocycles. The number of rotatable bonds is 6. The quantitative estimate of drug-likeness (QED) is 0.866. The second-order valence-electron chi connectivity index (χ2n) is 4.89. The molecule has 0 fully saturated rings. The molecule has 0 bridgehead atoms. The predicted octanol–water partition coefficient (Wildman–Crippen LogP) is 2.50. The van der Waals surface area contributed by atoms with Gasteiger partial charge < -0.3 is 10.1 Å². The van der Waals surface area contributed by atoms with Crippen LogP contribution in [-0.4, -0.2) is 15.9 Å². The van der Waals surface area contributed by atoms with E-state index in [0.717, 1.165) is 24.5 Å². The van der Waals surface area contributed by atoms with Crippen LogP contribution in [0, 0.1) is 0 Å². The fourth-order valence-electron chi connectivity index (χ4n) is 1.85. The Morgan fingerprint density at radius 3 is 2.47 bits per heavy atom. The van der Waals surface area contributed by atoms with Crippen LogP contribution in [0.4, 0.5) is 0 Å². The number of ether oxygens (including phenoxy) is 1. The SMILES string of the molecule is CC(C)Oc1ccc(CNCc2ccn(C)n2)cc1. The van der Waals surface area contributed by atoms with Crippen LogP contribution >= 0.6 is 0 Å². The summed E-state index contributed by atoms with van der Waals surface area (Å²) < 4.78 is 7.43. The van der Waals surface area contributed by atoms with Crippen LogP contribution in [0.2, 0.25) is 0 Å². The Kier molecular flexibility index (Phi) is 4.58. The maximum absolute atomic E-state index is 5.61. The lowest BCUT2D eigenvalue weighted by atomic mass is 10.2. The molecule has 2 rings (SSSR count). The zero-order chi connectivity index (χ0) is 13.7. The highest BCUT2D eigenvalue weighted by Crippen LogP contribution is 2.13. The van der Waals surface area contributed by atoms with Gasteiger partial charge in [0.25, 0.3) is 0 Å². The van der Waals surface area contributed by atoms with Gasteiger partial charge in [-0.05, 0) is 37.6 Å². The molecule has 0 aliphatic carbocycles. The number of hydrogen-bond donors (Lipinski definition) is 1. The van der Waals surface area contributed by atoms with Crippen molar-refractivity contribution in [2.24, 2.45) is 7.05 Å². The number of aryl methyl sites for hydroxylation is 1. The number of nitrogens with zero attached hydrogens (tertiary/aromatic N) is 2. The first-order valence-corrected chi connectivity index (χ1v) is 6.58. The first-order chi connectivity index (χ1) is 9.13. The van der Waals surface area contributed by atoms with Gasteiger partial charge in [-0.1, -0.05) is 12.1 Å². The molecule has 19 heavy (non-hydrogen) atoms. The highest BCUT2D eigenvalue weighted by molar-refractivity contribution is 5.27. The third-order valence-corrected chi connectivity index (χ3v) is 2.70. The average Bonchev–Trinajstić information content (AvgIpc) is 2.77. The molecule has 0 saturated carbocycles. The summed E-state index contributed by atoms with van der Waals surface area (Å²) in [5, 5.41) is 7.70. The lowest BCUT2D eigenvalue weighted by Crippen LogP contribution is -2.13. The van der Waals surface area contributed by atoms with E-state index >= 15 is 0 Å². The van der Waals surface area contributed by atoms with Crippen molar-refractivity contribution in [1.82, 2.24) is 15.1 Å². The van der Waals surface area contributed by atoms with Crippen LogP contribution in [0.15, 0.2) is 36.5 Å². The van der Waals surface area contributed by atoms with Crippen molar-refractivity contribution in [3.63, 3.8) is 0 Å². The van der Waals surface area contributed by atoms with Crippen molar-refractivity contribution in [2.75, 3.05) is 0 Å². The minimum absolute atomic E-state index is 0.216. The van der Waals surface area contributed by atoms with Gasteiger partial charge >= 0.3 is 0 Å². The maximum Gasteiger partial charge on any atom is 0.119 e. The average molecular weight is 259 g/mol. The molecule has 0 radical (unpaired) electrons. The molecular formula is C15H21N3O. The van der Waals surface area contributed by atoms with Crippen molar-refractivity contribution in [3.05, 3.63) is 47.8 Å². The van der Waals surface area contributed by atoms with Gasteiger partial charge in [0, 0.05) is 26.3 Å². The van der Waals surface area contributed by atoms with E-state index in [2.05, 4.69) is 22.5 Å². The van der Waals surface area contributed by atoms with Gasteiger partial charge in [-0.2, -0.15) is 5.10 Å². The van der Waals surface area contributed by atoms with Crippen molar-refractivity contribution in [2.45, 2.75) is 33.0 Å². The summed E-state index contributed by atoms with van der Waals surface area (Å²) >= 11 is 0. The lowest BCUT2D eigenvalue weighted by molar-refractivity contribution is 0.242. The smallest absolute Gasteiger partial charge is 0.119 e. The van der Waals surface area contributed by atoms with Crippen LogP contribution in [0.1, 0.15) is 25.1 Å². The third-order valence-electron chi connectivity index (χ3n) is 2.70.